The van der Waals surface area contributed by atoms with Crippen LogP contribution in [-0.4, -0.2) is 36.9 Å². The van der Waals surface area contributed by atoms with Crippen molar-refractivity contribution >= 4 is 0 Å². The molecule has 6 nitrogen and oxygen atoms in total. The second-order valence-electron chi connectivity index (χ2n) is 5.42. The number of nitrogens with one attached hydrogen (secondary N) is 1. The van der Waals surface area contributed by atoms with Crippen LogP contribution < -0.4 is 14.8 Å². The largest absolute Gasteiger partial charge is 0.507 e. The van der Waals surface area contributed by atoms with Crippen LogP contribution >= 0.6 is 0 Å². The molecule has 0 spiro atoms. The molecule has 0 amide bonds. The van der Waals surface area contributed by atoms with Crippen molar-refractivity contribution in [3.05, 3.63) is 17.7 Å². The van der Waals surface area contributed by atoms with E-state index in [2.05, 4.69) is 5.32 Å². The zero-order valence-corrected chi connectivity index (χ0v) is 11.6. The monoisotopic (exact) mass is 281 g/mol. The molecular weight excluding hydrogens is 262 g/mol. The smallest absolute Gasteiger partial charge is 0.231 e. The molecule has 0 bridgehead atoms. The highest BCUT2D eigenvalue weighted by atomic mass is 16.7. The van der Waals surface area contributed by atoms with Crippen molar-refractivity contribution in [2.45, 2.75) is 32.3 Å². The topological polar surface area (TPSA) is 69.2 Å². The van der Waals surface area contributed by atoms with E-state index in [4.69, 9.17) is 18.9 Å². The molecule has 0 aliphatic carbocycles. The van der Waals surface area contributed by atoms with Crippen LogP contribution in [0.5, 0.6) is 17.2 Å². The van der Waals surface area contributed by atoms with Gasteiger partial charge in [0.05, 0.1) is 12.7 Å². The molecule has 0 radical (unpaired) electrons. The zero-order chi connectivity index (χ0) is 14.2. The van der Waals surface area contributed by atoms with Gasteiger partial charge in [-0.05, 0) is 19.9 Å². The van der Waals surface area contributed by atoms with E-state index >= 15 is 0 Å². The summed E-state index contributed by atoms with van der Waals surface area (Å²) < 4.78 is 21.7. The highest BCUT2D eigenvalue weighted by Gasteiger charge is 2.32. The third-order valence-corrected chi connectivity index (χ3v) is 3.33. The van der Waals surface area contributed by atoms with Crippen LogP contribution in [0.15, 0.2) is 12.1 Å². The van der Waals surface area contributed by atoms with Gasteiger partial charge in [-0.15, -0.1) is 0 Å². The number of benzene rings is 1. The number of fused-ring (bicyclic) bond motifs is 1. The molecule has 1 aromatic carbocycles. The van der Waals surface area contributed by atoms with Crippen molar-refractivity contribution in [3.63, 3.8) is 0 Å². The molecule has 1 aromatic rings. The van der Waals surface area contributed by atoms with Gasteiger partial charge in [0.15, 0.2) is 17.3 Å². The Balaban J connectivity index is 1.54. The maximum atomic E-state index is 9.92. The van der Waals surface area contributed by atoms with E-state index in [0.29, 0.717) is 31.2 Å². The fraction of sp³-hybridized carbons (Fsp3) is 0.571. The summed E-state index contributed by atoms with van der Waals surface area (Å²) in [5.74, 6) is 0.945. The van der Waals surface area contributed by atoms with Crippen LogP contribution in [0.2, 0.25) is 0 Å². The Morgan fingerprint density at radius 2 is 2.05 bits per heavy atom. The molecule has 2 heterocycles. The summed E-state index contributed by atoms with van der Waals surface area (Å²) in [4.78, 5) is 0. The zero-order valence-electron chi connectivity index (χ0n) is 11.6. The van der Waals surface area contributed by atoms with E-state index in [-0.39, 0.29) is 18.6 Å². The van der Waals surface area contributed by atoms with Crippen molar-refractivity contribution < 1.29 is 24.1 Å². The van der Waals surface area contributed by atoms with Crippen LogP contribution in [0.3, 0.4) is 0 Å². The number of aromatic hydroxyl groups is 1. The predicted octanol–water partition coefficient (Wildman–Crippen LogP) is 1.36. The molecular formula is C14H19NO5. The summed E-state index contributed by atoms with van der Waals surface area (Å²) in [6.45, 7) is 5.77. The van der Waals surface area contributed by atoms with Crippen LogP contribution in [0.1, 0.15) is 19.4 Å². The first-order valence-electron chi connectivity index (χ1n) is 6.67. The van der Waals surface area contributed by atoms with E-state index < -0.39 is 5.79 Å². The summed E-state index contributed by atoms with van der Waals surface area (Å²) in [5.41, 5.74) is 0.771. The predicted molar refractivity (Wildman–Crippen MR) is 70.8 cm³/mol. The lowest BCUT2D eigenvalue weighted by Crippen LogP contribution is -2.30. The van der Waals surface area contributed by atoms with Crippen molar-refractivity contribution in [3.8, 4) is 17.2 Å². The van der Waals surface area contributed by atoms with Gasteiger partial charge in [0, 0.05) is 24.7 Å². The molecule has 2 aliphatic heterocycles. The highest BCUT2D eigenvalue weighted by molar-refractivity contribution is 5.51. The van der Waals surface area contributed by atoms with E-state index in [1.165, 1.54) is 0 Å². The van der Waals surface area contributed by atoms with Gasteiger partial charge >= 0.3 is 0 Å². The molecule has 1 atom stereocenters. The van der Waals surface area contributed by atoms with Gasteiger partial charge in [-0.25, -0.2) is 0 Å². The Labute approximate surface area is 117 Å². The molecule has 6 heteroatoms. The SMILES string of the molecule is CC1(C)OCC(CNCc2cc3c(cc2O)OCO3)O1. The molecule has 2 N–H and O–H groups in total. The van der Waals surface area contributed by atoms with Crippen LogP contribution in [0, 0.1) is 0 Å². The Morgan fingerprint density at radius 3 is 2.75 bits per heavy atom. The van der Waals surface area contributed by atoms with Crippen molar-refractivity contribution in [1.29, 1.82) is 0 Å². The maximum Gasteiger partial charge on any atom is 0.231 e. The number of phenols is 1. The summed E-state index contributed by atoms with van der Waals surface area (Å²) in [6, 6.07) is 3.37. The average molecular weight is 281 g/mol. The summed E-state index contributed by atoms with van der Waals surface area (Å²) in [6.07, 6.45) is 0.0288. The number of hydrogen-bond acceptors (Lipinski definition) is 6. The van der Waals surface area contributed by atoms with Gasteiger partial charge in [0.1, 0.15) is 5.75 Å². The van der Waals surface area contributed by atoms with Crippen LogP contribution in [0.25, 0.3) is 0 Å². The standard InChI is InChI=1S/C14H19NO5/c1-14(2)19-7-10(20-14)6-15-5-9-3-12-13(4-11(9)16)18-8-17-12/h3-4,10,15-16H,5-8H2,1-2H3. The Morgan fingerprint density at radius 1 is 1.30 bits per heavy atom. The lowest BCUT2D eigenvalue weighted by Gasteiger charge is -2.17. The lowest BCUT2D eigenvalue weighted by molar-refractivity contribution is -0.137. The Hall–Kier alpha value is -1.50. The maximum absolute atomic E-state index is 9.92. The molecule has 0 saturated carbocycles. The van der Waals surface area contributed by atoms with E-state index in [1.807, 2.05) is 13.8 Å². The molecule has 1 saturated heterocycles. The summed E-state index contributed by atoms with van der Waals surface area (Å²) in [7, 11) is 0. The van der Waals surface area contributed by atoms with E-state index in [1.54, 1.807) is 12.1 Å². The van der Waals surface area contributed by atoms with Crippen molar-refractivity contribution in [1.82, 2.24) is 5.32 Å². The highest BCUT2D eigenvalue weighted by Crippen LogP contribution is 2.37. The van der Waals surface area contributed by atoms with Gasteiger partial charge in [0.2, 0.25) is 6.79 Å². The molecule has 1 fully saturated rings. The fourth-order valence-corrected chi connectivity index (χ4v) is 2.35. The molecule has 1 unspecified atom stereocenters. The second-order valence-corrected chi connectivity index (χ2v) is 5.42. The summed E-state index contributed by atoms with van der Waals surface area (Å²) in [5, 5.41) is 13.2. The third-order valence-electron chi connectivity index (χ3n) is 3.33. The fourth-order valence-electron chi connectivity index (χ4n) is 2.35. The van der Waals surface area contributed by atoms with Gasteiger partial charge < -0.3 is 29.4 Å². The first-order chi connectivity index (χ1) is 9.53. The Bertz CT molecular complexity index is 503. The summed E-state index contributed by atoms with van der Waals surface area (Å²) >= 11 is 0. The van der Waals surface area contributed by atoms with Gasteiger partial charge in [-0.2, -0.15) is 0 Å². The second kappa shape index (κ2) is 5.12. The number of hydrogen-bond donors (Lipinski definition) is 2. The van der Waals surface area contributed by atoms with Crippen molar-refractivity contribution in [2.75, 3.05) is 19.9 Å². The van der Waals surface area contributed by atoms with Gasteiger partial charge in [-0.1, -0.05) is 0 Å². The average Bonchev–Trinajstić information content (AvgIpc) is 2.95. The molecule has 110 valence electrons. The molecule has 0 aromatic heterocycles. The quantitative estimate of drug-likeness (QED) is 0.868. The van der Waals surface area contributed by atoms with Crippen molar-refractivity contribution in [2.24, 2.45) is 0 Å². The van der Waals surface area contributed by atoms with Crippen LogP contribution in [-0.2, 0) is 16.0 Å². The first kappa shape index (κ1) is 13.5. The Kier molecular flexibility index (Phi) is 3.45. The van der Waals surface area contributed by atoms with Gasteiger partial charge in [-0.3, -0.25) is 0 Å². The van der Waals surface area contributed by atoms with Gasteiger partial charge in [0.25, 0.3) is 0 Å². The number of rotatable bonds is 4. The van der Waals surface area contributed by atoms with E-state index in [0.717, 1.165) is 5.56 Å². The minimum absolute atomic E-state index is 0.0288. The minimum Gasteiger partial charge on any atom is -0.507 e. The molecule has 20 heavy (non-hydrogen) atoms. The minimum atomic E-state index is -0.507. The van der Waals surface area contributed by atoms with Crippen LogP contribution in [0.4, 0.5) is 0 Å². The first-order valence-corrected chi connectivity index (χ1v) is 6.67. The molecule has 3 rings (SSSR count). The normalized spacial score (nSPS) is 23.2. The molecule has 2 aliphatic rings. The lowest BCUT2D eigenvalue weighted by atomic mass is 10.1. The number of ether oxygens (including phenoxy) is 4. The number of phenolic OH excluding ortho intramolecular Hbond substituents is 1. The van der Waals surface area contributed by atoms with E-state index in [9.17, 15) is 5.11 Å². The third kappa shape index (κ3) is 2.82.